The third-order valence-electron chi connectivity index (χ3n) is 6.94. The molecule has 0 aliphatic carbocycles. The van der Waals surface area contributed by atoms with Crippen molar-refractivity contribution in [1.29, 1.82) is 0 Å². The second-order valence-corrected chi connectivity index (χ2v) is 11.4. The molecule has 0 spiro atoms. The number of allylic oxidation sites excluding steroid dienone is 3. The Bertz CT molecular complexity index is 1020. The highest BCUT2D eigenvalue weighted by Crippen LogP contribution is 2.35. The molecule has 5 nitrogen and oxygen atoms in total. The second-order valence-electron chi connectivity index (χ2n) is 9.04. The van der Waals surface area contributed by atoms with Crippen LogP contribution in [0, 0.1) is 11.8 Å². The average Bonchev–Trinajstić information content (AvgIpc) is 2.76. The summed E-state index contributed by atoms with van der Waals surface area (Å²) in [6.07, 6.45) is 12.2. The number of sulfone groups is 1. The number of amidine groups is 1. The Kier molecular flexibility index (Phi) is 7.25. The SMILES string of the molecule is CS(=O)(=O)c1ccc(N2CCC(C3CCN(C4=N/C=C(F)\C=C\CC4)CC3)CC2)cc1Cl. The van der Waals surface area contributed by atoms with Gasteiger partial charge in [0.25, 0.3) is 0 Å². The van der Waals surface area contributed by atoms with E-state index in [1.807, 2.05) is 12.1 Å². The molecule has 1 aromatic carbocycles. The van der Waals surface area contributed by atoms with Crippen molar-refractivity contribution in [2.45, 2.75) is 43.4 Å². The van der Waals surface area contributed by atoms with E-state index in [9.17, 15) is 12.8 Å². The molecule has 0 N–H and O–H groups in total. The van der Waals surface area contributed by atoms with E-state index in [1.165, 1.54) is 18.5 Å². The number of aliphatic imine (C=N–C) groups is 1. The van der Waals surface area contributed by atoms with Crippen molar-refractivity contribution in [2.24, 2.45) is 16.8 Å². The molecule has 0 aromatic heterocycles. The van der Waals surface area contributed by atoms with Crippen molar-refractivity contribution in [3.8, 4) is 0 Å². The van der Waals surface area contributed by atoms with Crippen molar-refractivity contribution in [1.82, 2.24) is 4.90 Å². The van der Waals surface area contributed by atoms with Crippen molar-refractivity contribution < 1.29 is 12.8 Å². The van der Waals surface area contributed by atoms with Gasteiger partial charge in [0, 0.05) is 44.5 Å². The lowest BCUT2D eigenvalue weighted by atomic mass is 9.78. The summed E-state index contributed by atoms with van der Waals surface area (Å²) in [6, 6.07) is 5.26. The highest BCUT2D eigenvalue weighted by atomic mass is 35.5. The van der Waals surface area contributed by atoms with Crippen LogP contribution in [-0.2, 0) is 9.84 Å². The Balaban J connectivity index is 1.30. The van der Waals surface area contributed by atoms with E-state index in [2.05, 4.69) is 14.8 Å². The first-order valence-electron chi connectivity index (χ1n) is 11.4. The maximum Gasteiger partial charge on any atom is 0.176 e. The molecule has 0 bridgehead atoms. The first-order chi connectivity index (χ1) is 15.3. The van der Waals surface area contributed by atoms with E-state index in [1.54, 1.807) is 12.1 Å². The molecule has 1 aromatic rings. The Morgan fingerprint density at radius 1 is 1.03 bits per heavy atom. The lowest BCUT2D eigenvalue weighted by Gasteiger charge is -2.41. The summed E-state index contributed by atoms with van der Waals surface area (Å²) < 4.78 is 37.1. The Labute approximate surface area is 195 Å². The van der Waals surface area contributed by atoms with Crippen molar-refractivity contribution in [2.75, 3.05) is 37.3 Å². The molecule has 8 heteroatoms. The maximum atomic E-state index is 13.5. The Morgan fingerprint density at radius 2 is 1.66 bits per heavy atom. The van der Waals surface area contributed by atoms with Crippen LogP contribution in [0.2, 0.25) is 5.02 Å². The standard InChI is InChI=1S/C24H31ClFN3O2S/c1-32(30,31)23-7-6-21(16-22(23)25)28-12-8-18(9-13-28)19-10-14-29(15-11-19)24-5-3-2-4-20(26)17-27-24/h2,4,6-7,16-19H,3,5,8-15H2,1H3/b4-2+,20-17+,27-24?. The molecule has 0 amide bonds. The van der Waals surface area contributed by atoms with E-state index in [4.69, 9.17) is 11.6 Å². The number of benzene rings is 1. The molecule has 3 heterocycles. The predicted octanol–water partition coefficient (Wildman–Crippen LogP) is 5.23. The molecule has 0 atom stereocenters. The fraction of sp³-hybridized carbons (Fsp3) is 0.542. The van der Waals surface area contributed by atoms with Crippen LogP contribution in [0.3, 0.4) is 0 Å². The van der Waals surface area contributed by atoms with E-state index >= 15 is 0 Å². The third-order valence-corrected chi connectivity index (χ3v) is 8.52. The third kappa shape index (κ3) is 5.54. The molecule has 2 saturated heterocycles. The van der Waals surface area contributed by atoms with E-state index in [-0.39, 0.29) is 10.7 Å². The highest BCUT2D eigenvalue weighted by Gasteiger charge is 2.30. The molecule has 0 saturated carbocycles. The van der Waals surface area contributed by atoms with E-state index in [0.717, 1.165) is 76.2 Å². The number of halogens is 2. The van der Waals surface area contributed by atoms with E-state index in [0.29, 0.717) is 16.9 Å². The largest absolute Gasteiger partial charge is 0.371 e. The number of nitrogens with zero attached hydrogens (tertiary/aromatic N) is 3. The minimum atomic E-state index is -3.31. The van der Waals surface area contributed by atoms with Gasteiger partial charge in [-0.1, -0.05) is 17.7 Å². The lowest BCUT2D eigenvalue weighted by Crippen LogP contribution is -2.42. The van der Waals surface area contributed by atoms with Gasteiger partial charge < -0.3 is 9.80 Å². The van der Waals surface area contributed by atoms with Gasteiger partial charge in [-0.15, -0.1) is 0 Å². The van der Waals surface area contributed by atoms with Gasteiger partial charge in [-0.05, 0) is 68.2 Å². The van der Waals surface area contributed by atoms with Crippen LogP contribution >= 0.6 is 11.6 Å². The topological polar surface area (TPSA) is 53.0 Å². The van der Waals surface area contributed by atoms with Crippen molar-refractivity contribution in [3.05, 3.63) is 47.4 Å². The van der Waals surface area contributed by atoms with Crippen LogP contribution in [0.25, 0.3) is 0 Å². The van der Waals surface area contributed by atoms with Crippen LogP contribution in [0.15, 0.2) is 52.3 Å². The zero-order valence-corrected chi connectivity index (χ0v) is 20.1. The van der Waals surface area contributed by atoms with Gasteiger partial charge >= 0.3 is 0 Å². The Morgan fingerprint density at radius 3 is 2.25 bits per heavy atom. The minimum absolute atomic E-state index is 0.188. The molecular weight excluding hydrogens is 449 g/mol. The van der Waals surface area contributed by atoms with Gasteiger partial charge in [-0.2, -0.15) is 0 Å². The van der Waals surface area contributed by atoms with E-state index < -0.39 is 9.84 Å². The van der Waals surface area contributed by atoms with Gasteiger partial charge in [0.2, 0.25) is 0 Å². The first kappa shape index (κ1) is 23.3. The smallest absolute Gasteiger partial charge is 0.176 e. The first-order valence-corrected chi connectivity index (χ1v) is 13.7. The fourth-order valence-corrected chi connectivity index (χ4v) is 6.46. The van der Waals surface area contributed by atoms with Gasteiger partial charge in [0.15, 0.2) is 9.84 Å². The molecule has 0 unspecified atom stereocenters. The molecule has 3 aliphatic rings. The number of rotatable bonds is 3. The zero-order chi connectivity index (χ0) is 22.7. The summed E-state index contributed by atoms with van der Waals surface area (Å²) in [4.78, 5) is 9.22. The molecule has 2 fully saturated rings. The van der Waals surface area contributed by atoms with Gasteiger partial charge in [0.1, 0.15) is 11.7 Å². The summed E-state index contributed by atoms with van der Waals surface area (Å²) in [5, 5.41) is 0.293. The van der Waals surface area contributed by atoms with Crippen molar-refractivity contribution in [3.63, 3.8) is 0 Å². The molecule has 3 aliphatic heterocycles. The van der Waals surface area contributed by atoms with Crippen LogP contribution < -0.4 is 4.90 Å². The number of anilines is 1. The normalized spacial score (nSPS) is 24.3. The highest BCUT2D eigenvalue weighted by molar-refractivity contribution is 7.90. The van der Waals surface area contributed by atoms with Crippen LogP contribution in [0.4, 0.5) is 10.1 Å². The number of hydrogen-bond acceptors (Lipinski definition) is 5. The molecule has 174 valence electrons. The maximum absolute atomic E-state index is 13.5. The summed E-state index contributed by atoms with van der Waals surface area (Å²) in [5.41, 5.74) is 0.993. The van der Waals surface area contributed by atoms with Crippen LogP contribution in [-0.4, -0.2) is 51.6 Å². The molecule has 0 radical (unpaired) electrons. The minimum Gasteiger partial charge on any atom is -0.371 e. The van der Waals surface area contributed by atoms with Crippen molar-refractivity contribution >= 4 is 33.0 Å². The van der Waals surface area contributed by atoms with Crippen LogP contribution in [0.1, 0.15) is 38.5 Å². The molecule has 32 heavy (non-hydrogen) atoms. The van der Waals surface area contributed by atoms with Gasteiger partial charge in [0.05, 0.1) is 16.1 Å². The summed E-state index contributed by atoms with van der Waals surface area (Å²) in [6.45, 7) is 3.90. The quantitative estimate of drug-likeness (QED) is 0.595. The monoisotopic (exact) mass is 479 g/mol. The Hall–Kier alpha value is -1.86. The predicted molar refractivity (Wildman–Crippen MR) is 129 cm³/mol. The number of hydrogen-bond donors (Lipinski definition) is 0. The number of piperidine rings is 2. The molecular formula is C24H31ClFN3O2S. The fourth-order valence-electron chi connectivity index (χ4n) is 5.14. The summed E-state index contributed by atoms with van der Waals surface area (Å²) in [5.74, 6) is 2.15. The molecule has 4 rings (SSSR count). The summed E-state index contributed by atoms with van der Waals surface area (Å²) >= 11 is 6.24. The van der Waals surface area contributed by atoms with Gasteiger partial charge in [-0.25, -0.2) is 17.8 Å². The average molecular weight is 480 g/mol. The second kappa shape index (κ2) is 9.96. The summed E-state index contributed by atoms with van der Waals surface area (Å²) in [7, 11) is -3.31. The number of likely N-dealkylation sites (tertiary alicyclic amines) is 1. The lowest BCUT2D eigenvalue weighted by molar-refractivity contribution is 0.176. The zero-order valence-electron chi connectivity index (χ0n) is 18.5. The van der Waals surface area contributed by atoms with Crippen LogP contribution in [0.5, 0.6) is 0 Å². The van der Waals surface area contributed by atoms with Gasteiger partial charge in [-0.3, -0.25) is 0 Å².